The molecule has 1 aromatic carbocycles. The third kappa shape index (κ3) is 4.67. The first-order valence-corrected chi connectivity index (χ1v) is 9.96. The quantitative estimate of drug-likeness (QED) is 0.764. The summed E-state index contributed by atoms with van der Waals surface area (Å²) in [6, 6.07) is 4.01. The van der Waals surface area contributed by atoms with Gasteiger partial charge in [0.25, 0.3) is 0 Å². The third-order valence-corrected chi connectivity index (χ3v) is 5.74. The molecule has 0 N–H and O–H groups in total. The number of benzene rings is 1. The Morgan fingerprint density at radius 1 is 0.926 bits per heavy atom. The second kappa shape index (κ2) is 9.31. The van der Waals surface area contributed by atoms with E-state index in [4.69, 9.17) is 14.2 Å². The summed E-state index contributed by atoms with van der Waals surface area (Å²) < 4.78 is 16.3. The number of ether oxygens (including phenoxy) is 3. The molecule has 0 spiro atoms. The molecule has 0 bridgehead atoms. The van der Waals surface area contributed by atoms with Crippen LogP contribution in [0.2, 0.25) is 0 Å². The van der Waals surface area contributed by atoms with Crippen LogP contribution >= 0.6 is 0 Å². The van der Waals surface area contributed by atoms with E-state index in [1.807, 2.05) is 12.1 Å². The molecule has 0 saturated carbocycles. The van der Waals surface area contributed by atoms with E-state index in [-0.39, 0.29) is 5.92 Å². The highest BCUT2D eigenvalue weighted by molar-refractivity contribution is 5.79. The van der Waals surface area contributed by atoms with Crippen LogP contribution in [0.5, 0.6) is 17.2 Å². The molecule has 3 rings (SSSR count). The highest BCUT2D eigenvalue weighted by atomic mass is 16.5. The number of carbonyl (C=O) groups is 1. The topological polar surface area (TPSA) is 51.2 Å². The van der Waals surface area contributed by atoms with Crippen molar-refractivity contribution in [2.45, 2.75) is 38.6 Å². The van der Waals surface area contributed by atoms with E-state index in [1.165, 1.54) is 6.42 Å². The maximum atomic E-state index is 12.7. The molecule has 2 heterocycles. The third-order valence-electron chi connectivity index (χ3n) is 5.74. The molecule has 150 valence electrons. The van der Waals surface area contributed by atoms with Gasteiger partial charge in [0, 0.05) is 25.6 Å². The first-order valence-electron chi connectivity index (χ1n) is 9.96. The lowest BCUT2D eigenvalue weighted by atomic mass is 9.94. The van der Waals surface area contributed by atoms with Gasteiger partial charge in [0.1, 0.15) is 0 Å². The fourth-order valence-electron chi connectivity index (χ4n) is 4.20. The van der Waals surface area contributed by atoms with Crippen molar-refractivity contribution in [3.8, 4) is 17.2 Å². The van der Waals surface area contributed by atoms with Gasteiger partial charge >= 0.3 is 0 Å². The molecule has 1 aromatic rings. The van der Waals surface area contributed by atoms with Crippen LogP contribution in [0.1, 0.15) is 37.7 Å². The van der Waals surface area contributed by atoms with Crippen molar-refractivity contribution in [2.75, 3.05) is 47.5 Å². The second-order valence-corrected chi connectivity index (χ2v) is 7.47. The van der Waals surface area contributed by atoms with Crippen molar-refractivity contribution in [1.82, 2.24) is 9.80 Å². The molecule has 2 saturated heterocycles. The summed E-state index contributed by atoms with van der Waals surface area (Å²) in [5.41, 5.74) is 1.13. The normalized spacial score (nSPS) is 19.0. The summed E-state index contributed by atoms with van der Waals surface area (Å²) in [7, 11) is 4.89. The largest absolute Gasteiger partial charge is 0.493 e. The Hall–Kier alpha value is -1.95. The zero-order valence-corrected chi connectivity index (χ0v) is 16.8. The molecule has 1 amide bonds. The van der Waals surface area contributed by atoms with Gasteiger partial charge in [0.05, 0.1) is 21.3 Å². The van der Waals surface area contributed by atoms with Crippen LogP contribution in [0.15, 0.2) is 12.1 Å². The summed E-state index contributed by atoms with van der Waals surface area (Å²) in [5, 5.41) is 0. The summed E-state index contributed by atoms with van der Waals surface area (Å²) in [4.78, 5) is 17.2. The lowest BCUT2D eigenvalue weighted by Gasteiger charge is -2.35. The molecule has 0 aromatic heterocycles. The monoisotopic (exact) mass is 376 g/mol. The molecule has 2 aliphatic rings. The van der Waals surface area contributed by atoms with Crippen molar-refractivity contribution >= 4 is 5.91 Å². The summed E-state index contributed by atoms with van der Waals surface area (Å²) in [6.45, 7) is 4.61. The molecule has 6 nitrogen and oxygen atoms in total. The summed E-state index contributed by atoms with van der Waals surface area (Å²) >= 11 is 0. The van der Waals surface area contributed by atoms with Gasteiger partial charge in [-0.3, -0.25) is 9.69 Å². The Balaban J connectivity index is 1.58. The SMILES string of the molecule is COc1cc(CN2CCC(C(=O)N3CCCCC3)CC2)cc(OC)c1OC. The first-order chi connectivity index (χ1) is 13.2. The van der Waals surface area contributed by atoms with Crippen molar-refractivity contribution in [3.05, 3.63) is 17.7 Å². The summed E-state index contributed by atoms with van der Waals surface area (Å²) in [5.74, 6) is 2.56. The Morgan fingerprint density at radius 2 is 1.52 bits per heavy atom. The van der Waals surface area contributed by atoms with E-state index in [1.54, 1.807) is 21.3 Å². The molecule has 27 heavy (non-hydrogen) atoms. The lowest BCUT2D eigenvalue weighted by Crippen LogP contribution is -2.44. The molecule has 0 atom stereocenters. The molecule has 0 unspecified atom stereocenters. The first kappa shape index (κ1) is 19.8. The molecule has 6 heteroatoms. The number of amides is 1. The van der Waals surface area contributed by atoms with Crippen LogP contribution in [0.4, 0.5) is 0 Å². The molecular formula is C21H32N2O4. The van der Waals surface area contributed by atoms with Crippen LogP contribution in [-0.4, -0.2) is 63.2 Å². The molecule has 2 aliphatic heterocycles. The van der Waals surface area contributed by atoms with Crippen molar-refractivity contribution in [3.63, 3.8) is 0 Å². The van der Waals surface area contributed by atoms with Gasteiger partial charge < -0.3 is 19.1 Å². The maximum absolute atomic E-state index is 12.7. The van der Waals surface area contributed by atoms with E-state index in [0.29, 0.717) is 23.2 Å². The number of nitrogens with zero attached hydrogens (tertiary/aromatic N) is 2. The van der Waals surface area contributed by atoms with E-state index in [9.17, 15) is 4.79 Å². The number of piperidine rings is 2. The van der Waals surface area contributed by atoms with Gasteiger partial charge in [-0.15, -0.1) is 0 Å². The highest BCUT2D eigenvalue weighted by Gasteiger charge is 2.29. The molecular weight excluding hydrogens is 344 g/mol. The average Bonchev–Trinajstić information content (AvgIpc) is 2.73. The van der Waals surface area contributed by atoms with Gasteiger partial charge in [-0.2, -0.15) is 0 Å². The Labute approximate surface area is 162 Å². The number of carbonyl (C=O) groups excluding carboxylic acids is 1. The second-order valence-electron chi connectivity index (χ2n) is 7.47. The van der Waals surface area contributed by atoms with Gasteiger partial charge in [0.2, 0.25) is 11.7 Å². The zero-order chi connectivity index (χ0) is 19.2. The maximum Gasteiger partial charge on any atom is 0.225 e. The highest BCUT2D eigenvalue weighted by Crippen LogP contribution is 2.38. The van der Waals surface area contributed by atoms with Gasteiger partial charge in [-0.05, 0) is 62.9 Å². The predicted molar refractivity (Wildman–Crippen MR) is 105 cm³/mol. The molecule has 0 aliphatic carbocycles. The van der Waals surface area contributed by atoms with Crippen LogP contribution in [0, 0.1) is 5.92 Å². The van der Waals surface area contributed by atoms with Crippen LogP contribution in [0.3, 0.4) is 0 Å². The van der Waals surface area contributed by atoms with E-state index in [2.05, 4.69) is 9.80 Å². The average molecular weight is 376 g/mol. The minimum absolute atomic E-state index is 0.194. The van der Waals surface area contributed by atoms with E-state index < -0.39 is 0 Å². The van der Waals surface area contributed by atoms with E-state index >= 15 is 0 Å². The standard InChI is InChI=1S/C21H32N2O4/c1-25-18-13-16(14-19(26-2)20(18)27-3)15-22-11-7-17(8-12-22)21(24)23-9-5-4-6-10-23/h13-14,17H,4-12,15H2,1-3H3. The van der Waals surface area contributed by atoms with Crippen molar-refractivity contribution in [2.24, 2.45) is 5.92 Å². The number of hydrogen-bond donors (Lipinski definition) is 0. The van der Waals surface area contributed by atoms with Crippen molar-refractivity contribution in [1.29, 1.82) is 0 Å². The fraction of sp³-hybridized carbons (Fsp3) is 0.667. The lowest BCUT2D eigenvalue weighted by molar-refractivity contribution is -0.138. The van der Waals surface area contributed by atoms with Gasteiger partial charge in [0.15, 0.2) is 11.5 Å². The summed E-state index contributed by atoms with van der Waals surface area (Å²) in [6.07, 6.45) is 5.47. The van der Waals surface area contributed by atoms with Crippen LogP contribution in [-0.2, 0) is 11.3 Å². The predicted octanol–water partition coefficient (Wildman–Crippen LogP) is 2.94. The number of hydrogen-bond acceptors (Lipinski definition) is 5. The smallest absolute Gasteiger partial charge is 0.225 e. The zero-order valence-electron chi connectivity index (χ0n) is 16.8. The Bertz CT molecular complexity index is 610. The molecule has 2 fully saturated rings. The fourth-order valence-corrected chi connectivity index (χ4v) is 4.20. The molecule has 0 radical (unpaired) electrons. The number of methoxy groups -OCH3 is 3. The van der Waals surface area contributed by atoms with E-state index in [0.717, 1.165) is 64.0 Å². The number of rotatable bonds is 6. The minimum Gasteiger partial charge on any atom is -0.493 e. The minimum atomic E-state index is 0.194. The van der Waals surface area contributed by atoms with Crippen LogP contribution < -0.4 is 14.2 Å². The number of likely N-dealkylation sites (tertiary alicyclic amines) is 2. The Morgan fingerprint density at radius 3 is 2.04 bits per heavy atom. The Kier molecular flexibility index (Phi) is 6.83. The van der Waals surface area contributed by atoms with Crippen LogP contribution in [0.25, 0.3) is 0 Å². The van der Waals surface area contributed by atoms with Crippen molar-refractivity contribution < 1.29 is 19.0 Å². The van der Waals surface area contributed by atoms with Gasteiger partial charge in [-0.1, -0.05) is 0 Å². The van der Waals surface area contributed by atoms with Gasteiger partial charge in [-0.25, -0.2) is 0 Å².